The molecular formula is C14H12N6O. The highest BCUT2D eigenvalue weighted by molar-refractivity contribution is 5.90. The standard InChI is InChI=1S/C14H12N6O/c21-14(16-12-8-4-5-9-15-12)10-13-17-19-20(18-13)11-6-2-1-3-7-11/h1-9H,10H2,(H,15,16,21). The van der Waals surface area contributed by atoms with Crippen molar-refractivity contribution in [3.8, 4) is 5.69 Å². The zero-order chi connectivity index (χ0) is 14.5. The van der Waals surface area contributed by atoms with Crippen LogP contribution in [0.3, 0.4) is 0 Å². The number of rotatable bonds is 4. The van der Waals surface area contributed by atoms with Crippen molar-refractivity contribution in [1.29, 1.82) is 0 Å². The number of carbonyl (C=O) groups is 1. The molecule has 0 aliphatic carbocycles. The van der Waals surface area contributed by atoms with Crippen LogP contribution in [0.15, 0.2) is 54.7 Å². The predicted octanol–water partition coefficient (Wildman–Crippen LogP) is 1.24. The molecule has 0 radical (unpaired) electrons. The number of aromatic nitrogens is 5. The maximum Gasteiger partial charge on any atom is 0.233 e. The number of nitrogens with zero attached hydrogens (tertiary/aromatic N) is 5. The summed E-state index contributed by atoms with van der Waals surface area (Å²) in [5, 5.41) is 14.6. The first kappa shape index (κ1) is 12.9. The largest absolute Gasteiger partial charge is 0.310 e. The van der Waals surface area contributed by atoms with Crippen molar-refractivity contribution in [3.05, 3.63) is 60.6 Å². The zero-order valence-electron chi connectivity index (χ0n) is 11.0. The van der Waals surface area contributed by atoms with Crippen LogP contribution in [0.5, 0.6) is 0 Å². The number of hydrogen-bond donors (Lipinski definition) is 1. The molecular weight excluding hydrogens is 268 g/mol. The fourth-order valence-corrected chi connectivity index (χ4v) is 1.75. The number of para-hydroxylation sites is 1. The molecule has 1 N–H and O–H groups in total. The van der Waals surface area contributed by atoms with Crippen LogP contribution in [0.25, 0.3) is 5.69 Å². The Labute approximate surface area is 120 Å². The SMILES string of the molecule is O=C(Cc1nnn(-c2ccccc2)n1)Nc1ccccn1. The Morgan fingerprint density at radius 1 is 1.10 bits per heavy atom. The maximum atomic E-state index is 11.9. The molecule has 0 fully saturated rings. The fourth-order valence-electron chi connectivity index (χ4n) is 1.75. The summed E-state index contributed by atoms with van der Waals surface area (Å²) in [4.78, 5) is 17.3. The molecule has 0 saturated carbocycles. The molecule has 0 spiro atoms. The third kappa shape index (κ3) is 3.27. The summed E-state index contributed by atoms with van der Waals surface area (Å²) < 4.78 is 0. The number of benzene rings is 1. The van der Waals surface area contributed by atoms with E-state index in [1.807, 2.05) is 30.3 Å². The topological polar surface area (TPSA) is 85.6 Å². The van der Waals surface area contributed by atoms with Crippen molar-refractivity contribution in [2.45, 2.75) is 6.42 Å². The first-order valence-electron chi connectivity index (χ1n) is 6.36. The van der Waals surface area contributed by atoms with Gasteiger partial charge in [-0.3, -0.25) is 4.79 Å². The molecule has 21 heavy (non-hydrogen) atoms. The molecule has 0 atom stereocenters. The number of pyridine rings is 1. The first-order valence-corrected chi connectivity index (χ1v) is 6.36. The normalized spacial score (nSPS) is 10.3. The molecule has 7 nitrogen and oxygen atoms in total. The minimum Gasteiger partial charge on any atom is -0.310 e. The van der Waals surface area contributed by atoms with Crippen LogP contribution in [0.2, 0.25) is 0 Å². The Kier molecular flexibility index (Phi) is 3.64. The van der Waals surface area contributed by atoms with Gasteiger partial charge in [0.1, 0.15) is 5.82 Å². The van der Waals surface area contributed by atoms with Crippen LogP contribution in [0.1, 0.15) is 5.82 Å². The van der Waals surface area contributed by atoms with E-state index in [2.05, 4.69) is 25.7 Å². The van der Waals surface area contributed by atoms with Crippen LogP contribution >= 0.6 is 0 Å². The molecule has 7 heteroatoms. The smallest absolute Gasteiger partial charge is 0.233 e. The van der Waals surface area contributed by atoms with Gasteiger partial charge in [-0.05, 0) is 29.5 Å². The second kappa shape index (κ2) is 5.91. The van der Waals surface area contributed by atoms with Gasteiger partial charge in [-0.15, -0.1) is 15.0 Å². The van der Waals surface area contributed by atoms with Gasteiger partial charge < -0.3 is 5.32 Å². The molecule has 0 aliphatic heterocycles. The number of tetrazole rings is 1. The number of amides is 1. The molecule has 0 aliphatic rings. The Balaban J connectivity index is 1.66. The van der Waals surface area contributed by atoms with Gasteiger partial charge in [-0.1, -0.05) is 24.3 Å². The third-order valence-corrected chi connectivity index (χ3v) is 2.69. The molecule has 0 bridgehead atoms. The van der Waals surface area contributed by atoms with Gasteiger partial charge >= 0.3 is 0 Å². The monoisotopic (exact) mass is 280 g/mol. The number of hydrogen-bond acceptors (Lipinski definition) is 5. The van der Waals surface area contributed by atoms with E-state index < -0.39 is 0 Å². The summed E-state index contributed by atoms with van der Waals surface area (Å²) in [6, 6.07) is 14.7. The molecule has 0 unspecified atom stereocenters. The average molecular weight is 280 g/mol. The van der Waals surface area contributed by atoms with Gasteiger partial charge in [-0.25, -0.2) is 4.98 Å². The van der Waals surface area contributed by atoms with E-state index in [9.17, 15) is 4.79 Å². The summed E-state index contributed by atoms with van der Waals surface area (Å²) in [7, 11) is 0. The lowest BCUT2D eigenvalue weighted by molar-refractivity contribution is -0.115. The molecule has 104 valence electrons. The molecule has 2 aromatic heterocycles. The van der Waals surface area contributed by atoms with E-state index in [4.69, 9.17) is 0 Å². The number of anilines is 1. The molecule has 2 heterocycles. The highest BCUT2D eigenvalue weighted by Crippen LogP contribution is 2.04. The first-order chi connectivity index (χ1) is 10.3. The van der Waals surface area contributed by atoms with E-state index in [0.717, 1.165) is 5.69 Å². The summed E-state index contributed by atoms with van der Waals surface area (Å²) in [6.45, 7) is 0. The highest BCUT2D eigenvalue weighted by atomic mass is 16.1. The molecule has 1 amide bonds. The summed E-state index contributed by atoms with van der Waals surface area (Å²) in [6.07, 6.45) is 1.66. The van der Waals surface area contributed by atoms with Gasteiger partial charge in [0.15, 0.2) is 5.82 Å². The van der Waals surface area contributed by atoms with E-state index in [1.54, 1.807) is 24.4 Å². The van der Waals surface area contributed by atoms with Gasteiger partial charge in [0.2, 0.25) is 5.91 Å². The third-order valence-electron chi connectivity index (χ3n) is 2.69. The highest BCUT2D eigenvalue weighted by Gasteiger charge is 2.10. The number of nitrogens with one attached hydrogen (secondary N) is 1. The molecule has 1 aromatic carbocycles. The molecule has 3 rings (SSSR count). The zero-order valence-corrected chi connectivity index (χ0v) is 11.0. The second-order valence-electron chi connectivity index (χ2n) is 4.27. The van der Waals surface area contributed by atoms with Crippen LogP contribution in [0.4, 0.5) is 5.82 Å². The second-order valence-corrected chi connectivity index (χ2v) is 4.27. The van der Waals surface area contributed by atoms with Crippen molar-refractivity contribution < 1.29 is 4.79 Å². The summed E-state index contributed by atoms with van der Waals surface area (Å²) in [5.41, 5.74) is 0.793. The minimum absolute atomic E-state index is 0.0450. The minimum atomic E-state index is -0.235. The lowest BCUT2D eigenvalue weighted by Crippen LogP contribution is -2.16. The Morgan fingerprint density at radius 3 is 2.67 bits per heavy atom. The van der Waals surface area contributed by atoms with Crippen LogP contribution in [-0.2, 0) is 11.2 Å². The Hall–Kier alpha value is -3.09. The average Bonchev–Trinajstić information content (AvgIpc) is 2.97. The predicted molar refractivity (Wildman–Crippen MR) is 75.7 cm³/mol. The van der Waals surface area contributed by atoms with Crippen molar-refractivity contribution in [3.63, 3.8) is 0 Å². The van der Waals surface area contributed by atoms with Gasteiger partial charge in [0.05, 0.1) is 12.1 Å². The van der Waals surface area contributed by atoms with Crippen molar-refractivity contribution in [2.24, 2.45) is 0 Å². The van der Waals surface area contributed by atoms with Crippen molar-refractivity contribution >= 4 is 11.7 Å². The van der Waals surface area contributed by atoms with E-state index in [-0.39, 0.29) is 12.3 Å². The lowest BCUT2D eigenvalue weighted by atomic mass is 10.3. The van der Waals surface area contributed by atoms with Gasteiger partial charge in [0.25, 0.3) is 0 Å². The molecule has 3 aromatic rings. The van der Waals surface area contributed by atoms with E-state index in [1.165, 1.54) is 4.80 Å². The summed E-state index contributed by atoms with van der Waals surface area (Å²) >= 11 is 0. The van der Waals surface area contributed by atoms with Crippen LogP contribution in [0, 0.1) is 0 Å². The Bertz CT molecular complexity index is 725. The maximum absolute atomic E-state index is 11.9. The van der Waals surface area contributed by atoms with Crippen molar-refractivity contribution in [2.75, 3.05) is 5.32 Å². The summed E-state index contributed by atoms with van der Waals surface area (Å²) in [5.74, 6) is 0.617. The van der Waals surface area contributed by atoms with E-state index >= 15 is 0 Å². The van der Waals surface area contributed by atoms with Crippen LogP contribution < -0.4 is 5.32 Å². The van der Waals surface area contributed by atoms with E-state index in [0.29, 0.717) is 11.6 Å². The number of carbonyl (C=O) groups excluding carboxylic acids is 1. The fraction of sp³-hybridized carbons (Fsp3) is 0.0714. The molecule has 0 saturated heterocycles. The van der Waals surface area contributed by atoms with Crippen molar-refractivity contribution in [1.82, 2.24) is 25.2 Å². The van der Waals surface area contributed by atoms with Gasteiger partial charge in [-0.2, -0.15) is 0 Å². The Morgan fingerprint density at radius 2 is 1.90 bits per heavy atom. The lowest BCUT2D eigenvalue weighted by Gasteiger charge is -2.01. The quantitative estimate of drug-likeness (QED) is 0.777. The van der Waals surface area contributed by atoms with Gasteiger partial charge in [0, 0.05) is 6.20 Å². The van der Waals surface area contributed by atoms with Crippen LogP contribution in [-0.4, -0.2) is 31.1 Å².